The first-order chi connectivity index (χ1) is 16.3. The number of benzene rings is 2. The minimum Gasteiger partial charge on any atom is -0.458 e. The van der Waals surface area contributed by atoms with Crippen LogP contribution in [0, 0.1) is 0 Å². The van der Waals surface area contributed by atoms with Gasteiger partial charge in [0.25, 0.3) is 5.91 Å². The molecule has 0 saturated heterocycles. The van der Waals surface area contributed by atoms with Crippen LogP contribution in [0.25, 0.3) is 17.4 Å². The molecule has 1 aliphatic rings. The van der Waals surface area contributed by atoms with Crippen molar-refractivity contribution in [3.05, 3.63) is 93.2 Å². The Kier molecular flexibility index (Phi) is 6.93. The van der Waals surface area contributed by atoms with Crippen molar-refractivity contribution < 1.29 is 18.7 Å². The van der Waals surface area contributed by atoms with Crippen LogP contribution in [0.5, 0.6) is 0 Å². The van der Waals surface area contributed by atoms with Crippen molar-refractivity contribution in [3.8, 4) is 11.3 Å². The van der Waals surface area contributed by atoms with Crippen LogP contribution in [0.2, 0.25) is 15.1 Å². The van der Waals surface area contributed by atoms with Crippen LogP contribution in [0.15, 0.2) is 76.3 Å². The number of hydrazone groups is 1. The predicted octanol–water partition coefficient (Wildman–Crippen LogP) is 7.06. The number of amides is 1. The monoisotopic (exact) mass is 514 g/mol. The molecule has 0 N–H and O–H groups in total. The molecule has 1 aliphatic heterocycles. The van der Waals surface area contributed by atoms with Gasteiger partial charge in [-0.25, -0.2) is 4.79 Å². The SMILES string of the molecule is C=CCOC(=O)c1cc(-c2ccc(/C=C3\C(=O)N(c4ccc(Cl)c(Cl)c4)N=C3C)o2)ccc1Cl. The molecule has 0 spiro atoms. The Morgan fingerprint density at radius 1 is 1.09 bits per heavy atom. The van der Waals surface area contributed by atoms with Gasteiger partial charge in [-0.3, -0.25) is 4.79 Å². The average molecular weight is 516 g/mol. The summed E-state index contributed by atoms with van der Waals surface area (Å²) in [4.78, 5) is 25.2. The number of furan rings is 1. The van der Waals surface area contributed by atoms with Crippen molar-refractivity contribution in [1.29, 1.82) is 0 Å². The van der Waals surface area contributed by atoms with Gasteiger partial charge >= 0.3 is 5.97 Å². The van der Waals surface area contributed by atoms with E-state index < -0.39 is 5.97 Å². The molecule has 1 amide bonds. The molecule has 34 heavy (non-hydrogen) atoms. The van der Waals surface area contributed by atoms with Crippen LogP contribution < -0.4 is 5.01 Å². The Morgan fingerprint density at radius 3 is 2.59 bits per heavy atom. The van der Waals surface area contributed by atoms with E-state index in [0.29, 0.717) is 44.1 Å². The second-order valence-corrected chi connectivity index (χ2v) is 8.46. The number of halogens is 3. The van der Waals surface area contributed by atoms with E-state index in [4.69, 9.17) is 44.0 Å². The topological polar surface area (TPSA) is 72.1 Å². The minimum absolute atomic E-state index is 0.0754. The molecule has 2 aromatic carbocycles. The number of hydrogen-bond donors (Lipinski definition) is 0. The van der Waals surface area contributed by atoms with E-state index >= 15 is 0 Å². The lowest BCUT2D eigenvalue weighted by Gasteiger charge is -2.12. The van der Waals surface area contributed by atoms with Crippen LogP contribution in [-0.2, 0) is 9.53 Å². The fourth-order valence-corrected chi connectivity index (χ4v) is 3.74. The van der Waals surface area contributed by atoms with Gasteiger partial charge in [0.15, 0.2) is 0 Å². The lowest BCUT2D eigenvalue weighted by atomic mass is 10.1. The van der Waals surface area contributed by atoms with E-state index in [1.807, 2.05) is 0 Å². The Morgan fingerprint density at radius 2 is 1.85 bits per heavy atom. The van der Waals surface area contributed by atoms with Crippen molar-refractivity contribution in [1.82, 2.24) is 0 Å². The number of anilines is 1. The molecule has 4 rings (SSSR count). The standard InChI is InChI=1S/C25H17Cl3N2O4/c1-3-10-33-25(32)19-11-15(4-7-20(19)26)23-9-6-17(34-23)13-18-14(2)29-30(24(18)31)16-5-8-21(27)22(28)12-16/h3-9,11-13H,1,10H2,2H3/b18-13-. The molecular formula is C25H17Cl3N2O4. The molecule has 0 radical (unpaired) electrons. The summed E-state index contributed by atoms with van der Waals surface area (Å²) >= 11 is 18.2. The molecule has 3 aromatic rings. The highest BCUT2D eigenvalue weighted by Crippen LogP contribution is 2.32. The maximum atomic E-state index is 13.0. The highest BCUT2D eigenvalue weighted by Gasteiger charge is 2.29. The molecule has 0 bridgehead atoms. The number of carbonyl (C=O) groups is 2. The van der Waals surface area contributed by atoms with Gasteiger partial charge in [-0.2, -0.15) is 10.1 Å². The molecule has 6 nitrogen and oxygen atoms in total. The second-order valence-electron chi connectivity index (χ2n) is 7.24. The van der Waals surface area contributed by atoms with Gasteiger partial charge in [-0.1, -0.05) is 47.5 Å². The highest BCUT2D eigenvalue weighted by atomic mass is 35.5. The third-order valence-corrected chi connectivity index (χ3v) is 6.00. The van der Waals surface area contributed by atoms with E-state index in [2.05, 4.69) is 11.7 Å². The van der Waals surface area contributed by atoms with Crippen LogP contribution in [0.4, 0.5) is 5.69 Å². The van der Waals surface area contributed by atoms with Crippen LogP contribution in [-0.4, -0.2) is 24.2 Å². The van der Waals surface area contributed by atoms with Gasteiger partial charge in [0.1, 0.15) is 18.1 Å². The summed E-state index contributed by atoms with van der Waals surface area (Å²) < 4.78 is 11.0. The Hall–Kier alpha value is -3.32. The molecule has 1 aromatic heterocycles. The number of ether oxygens (including phenoxy) is 1. The van der Waals surface area contributed by atoms with Gasteiger partial charge in [-0.05, 0) is 61.5 Å². The third kappa shape index (κ3) is 4.80. The van der Waals surface area contributed by atoms with E-state index in [-0.39, 0.29) is 23.1 Å². The number of nitrogens with zero attached hydrogens (tertiary/aromatic N) is 2. The van der Waals surface area contributed by atoms with Crippen LogP contribution in [0.1, 0.15) is 23.0 Å². The summed E-state index contributed by atoms with van der Waals surface area (Å²) in [5.74, 6) is 0.0382. The quantitative estimate of drug-likeness (QED) is 0.200. The van der Waals surface area contributed by atoms with E-state index in [1.54, 1.807) is 61.5 Å². The van der Waals surface area contributed by atoms with Gasteiger partial charge in [-0.15, -0.1) is 0 Å². The van der Waals surface area contributed by atoms with Crippen molar-refractivity contribution in [3.63, 3.8) is 0 Å². The molecule has 9 heteroatoms. The Labute approximate surface area is 210 Å². The Balaban J connectivity index is 1.59. The first-order valence-corrected chi connectivity index (χ1v) is 11.2. The lowest BCUT2D eigenvalue weighted by Crippen LogP contribution is -2.21. The van der Waals surface area contributed by atoms with Gasteiger partial charge in [0, 0.05) is 5.56 Å². The van der Waals surface area contributed by atoms with Crippen molar-refractivity contribution in [2.24, 2.45) is 5.10 Å². The van der Waals surface area contributed by atoms with Crippen LogP contribution >= 0.6 is 34.8 Å². The molecule has 0 aliphatic carbocycles. The van der Waals surface area contributed by atoms with Crippen molar-refractivity contribution in [2.45, 2.75) is 6.92 Å². The molecule has 172 valence electrons. The zero-order chi connectivity index (χ0) is 24.4. The average Bonchev–Trinajstić information content (AvgIpc) is 3.40. The molecule has 0 unspecified atom stereocenters. The normalized spacial score (nSPS) is 14.5. The molecule has 2 heterocycles. The minimum atomic E-state index is -0.563. The molecule has 0 atom stereocenters. The maximum Gasteiger partial charge on any atom is 0.339 e. The molecule has 0 fully saturated rings. The number of hydrogen-bond acceptors (Lipinski definition) is 5. The van der Waals surface area contributed by atoms with E-state index in [1.165, 1.54) is 11.1 Å². The Bertz CT molecular complexity index is 1370. The second kappa shape index (κ2) is 9.89. The summed E-state index contributed by atoms with van der Waals surface area (Å²) in [7, 11) is 0. The van der Waals surface area contributed by atoms with E-state index in [0.717, 1.165) is 0 Å². The number of rotatable bonds is 6. The molecule has 0 saturated carbocycles. The predicted molar refractivity (Wildman–Crippen MR) is 135 cm³/mol. The summed E-state index contributed by atoms with van der Waals surface area (Å²) in [6.45, 7) is 5.32. The van der Waals surface area contributed by atoms with Gasteiger partial charge < -0.3 is 9.15 Å². The summed E-state index contributed by atoms with van der Waals surface area (Å²) in [6, 6.07) is 13.2. The molecular weight excluding hydrogens is 499 g/mol. The fourth-order valence-electron chi connectivity index (χ4n) is 3.25. The van der Waals surface area contributed by atoms with Gasteiger partial charge in [0.2, 0.25) is 0 Å². The van der Waals surface area contributed by atoms with Crippen molar-refractivity contribution in [2.75, 3.05) is 11.6 Å². The summed E-state index contributed by atoms with van der Waals surface area (Å²) in [5.41, 5.74) is 2.23. The largest absolute Gasteiger partial charge is 0.458 e. The third-order valence-electron chi connectivity index (χ3n) is 4.93. The van der Waals surface area contributed by atoms with Crippen LogP contribution in [0.3, 0.4) is 0 Å². The summed E-state index contributed by atoms with van der Waals surface area (Å²) in [5, 5.41) is 6.56. The zero-order valence-electron chi connectivity index (χ0n) is 17.8. The fraction of sp³-hybridized carbons (Fsp3) is 0.0800. The first-order valence-electron chi connectivity index (χ1n) is 10.0. The smallest absolute Gasteiger partial charge is 0.339 e. The zero-order valence-corrected chi connectivity index (χ0v) is 20.1. The number of carbonyl (C=O) groups excluding carboxylic acids is 2. The van der Waals surface area contributed by atoms with E-state index in [9.17, 15) is 9.59 Å². The number of esters is 1. The summed E-state index contributed by atoms with van der Waals surface area (Å²) in [6.07, 6.45) is 3.08. The van der Waals surface area contributed by atoms with Crippen molar-refractivity contribution >= 4 is 64.2 Å². The maximum absolute atomic E-state index is 13.0. The highest BCUT2D eigenvalue weighted by molar-refractivity contribution is 6.42. The first kappa shape index (κ1) is 23.8. The lowest BCUT2D eigenvalue weighted by molar-refractivity contribution is -0.114. The van der Waals surface area contributed by atoms with Gasteiger partial charge in [0.05, 0.1) is 37.6 Å².